The number of fused-ring (bicyclic) bond motifs is 1. The molecular weight excluding hydrogens is 304 g/mol. The Bertz CT molecular complexity index is 917. The normalized spacial score (nSPS) is 10.7. The Hall–Kier alpha value is -2.95. The molecule has 122 valence electrons. The van der Waals surface area contributed by atoms with Crippen LogP contribution in [-0.2, 0) is 13.0 Å². The fourth-order valence-electron chi connectivity index (χ4n) is 2.64. The number of rotatable bonds is 5. The summed E-state index contributed by atoms with van der Waals surface area (Å²) in [6.07, 6.45) is 5.11. The SMILES string of the molecule is CCCc1ccc2oc(=O)cc(CNC(=O)c3cccnc3)c2c1. The summed E-state index contributed by atoms with van der Waals surface area (Å²) < 4.78 is 5.25. The number of aryl methyl sites for hydroxylation is 1. The maximum Gasteiger partial charge on any atom is 0.336 e. The first-order valence-electron chi connectivity index (χ1n) is 7.91. The summed E-state index contributed by atoms with van der Waals surface area (Å²) in [5.41, 5.74) is 2.52. The molecule has 0 aliphatic rings. The molecule has 0 fully saturated rings. The number of hydrogen-bond donors (Lipinski definition) is 1. The molecule has 0 bridgehead atoms. The molecule has 0 unspecified atom stereocenters. The predicted octanol–water partition coefficient (Wildman–Crippen LogP) is 3.07. The third kappa shape index (κ3) is 3.51. The average molecular weight is 322 g/mol. The number of hydrogen-bond acceptors (Lipinski definition) is 4. The van der Waals surface area contributed by atoms with Gasteiger partial charge in [-0.3, -0.25) is 9.78 Å². The van der Waals surface area contributed by atoms with Gasteiger partial charge >= 0.3 is 5.63 Å². The maximum atomic E-state index is 12.2. The molecule has 1 amide bonds. The summed E-state index contributed by atoms with van der Waals surface area (Å²) in [5, 5.41) is 3.68. The van der Waals surface area contributed by atoms with E-state index in [-0.39, 0.29) is 12.5 Å². The van der Waals surface area contributed by atoms with E-state index in [2.05, 4.69) is 17.2 Å². The number of amides is 1. The van der Waals surface area contributed by atoms with Crippen LogP contribution in [0.2, 0.25) is 0 Å². The van der Waals surface area contributed by atoms with Crippen molar-refractivity contribution in [3.05, 3.63) is 75.9 Å². The second-order valence-corrected chi connectivity index (χ2v) is 5.60. The van der Waals surface area contributed by atoms with Crippen LogP contribution in [-0.4, -0.2) is 10.9 Å². The summed E-state index contributed by atoms with van der Waals surface area (Å²) in [6.45, 7) is 2.37. The maximum absolute atomic E-state index is 12.2. The first-order chi connectivity index (χ1) is 11.7. The van der Waals surface area contributed by atoms with E-state index in [1.165, 1.54) is 17.8 Å². The smallest absolute Gasteiger partial charge is 0.336 e. The van der Waals surface area contributed by atoms with Crippen molar-refractivity contribution in [3.8, 4) is 0 Å². The fraction of sp³-hybridized carbons (Fsp3) is 0.211. The Kier molecular flexibility index (Phi) is 4.70. The molecule has 5 nitrogen and oxygen atoms in total. The second-order valence-electron chi connectivity index (χ2n) is 5.60. The van der Waals surface area contributed by atoms with E-state index in [4.69, 9.17) is 4.42 Å². The van der Waals surface area contributed by atoms with Gasteiger partial charge < -0.3 is 9.73 Å². The number of benzene rings is 1. The molecule has 0 saturated heterocycles. The van der Waals surface area contributed by atoms with E-state index in [1.54, 1.807) is 18.3 Å². The standard InChI is InChI=1S/C19H18N2O3/c1-2-4-13-6-7-17-16(9-13)15(10-18(22)24-17)12-21-19(23)14-5-3-8-20-11-14/h3,5-11H,2,4,12H2,1H3,(H,21,23). The molecule has 0 atom stereocenters. The average Bonchev–Trinajstić information content (AvgIpc) is 2.60. The van der Waals surface area contributed by atoms with Crippen molar-refractivity contribution in [3.63, 3.8) is 0 Å². The van der Waals surface area contributed by atoms with Crippen molar-refractivity contribution in [1.29, 1.82) is 0 Å². The Labute approximate surface area is 139 Å². The zero-order valence-electron chi connectivity index (χ0n) is 13.4. The van der Waals surface area contributed by atoms with Crippen LogP contribution in [0.25, 0.3) is 11.0 Å². The quantitative estimate of drug-likeness (QED) is 0.733. The summed E-state index contributed by atoms with van der Waals surface area (Å²) >= 11 is 0. The van der Waals surface area contributed by atoms with Crippen LogP contribution in [0.1, 0.15) is 34.8 Å². The van der Waals surface area contributed by atoms with Gasteiger partial charge in [0.25, 0.3) is 5.91 Å². The van der Waals surface area contributed by atoms with Crippen LogP contribution >= 0.6 is 0 Å². The largest absolute Gasteiger partial charge is 0.423 e. The number of nitrogens with one attached hydrogen (secondary N) is 1. The Balaban J connectivity index is 1.89. The minimum atomic E-state index is -0.420. The molecule has 24 heavy (non-hydrogen) atoms. The first kappa shape index (κ1) is 15.9. The lowest BCUT2D eigenvalue weighted by atomic mass is 10.0. The molecule has 1 aromatic carbocycles. The van der Waals surface area contributed by atoms with Crippen molar-refractivity contribution in [1.82, 2.24) is 10.3 Å². The fourth-order valence-corrected chi connectivity index (χ4v) is 2.64. The van der Waals surface area contributed by atoms with Gasteiger partial charge in [0, 0.05) is 30.4 Å². The van der Waals surface area contributed by atoms with Crippen molar-refractivity contribution < 1.29 is 9.21 Å². The number of nitrogens with zero attached hydrogens (tertiary/aromatic N) is 1. The monoisotopic (exact) mass is 322 g/mol. The van der Waals surface area contributed by atoms with Gasteiger partial charge in [0.2, 0.25) is 0 Å². The van der Waals surface area contributed by atoms with E-state index in [0.29, 0.717) is 11.1 Å². The second kappa shape index (κ2) is 7.08. The van der Waals surface area contributed by atoms with Crippen LogP contribution in [0.4, 0.5) is 0 Å². The lowest BCUT2D eigenvalue weighted by Crippen LogP contribution is -2.23. The van der Waals surface area contributed by atoms with Gasteiger partial charge in [-0.1, -0.05) is 19.4 Å². The van der Waals surface area contributed by atoms with Gasteiger partial charge in [0.1, 0.15) is 5.58 Å². The van der Waals surface area contributed by atoms with Crippen LogP contribution in [0.5, 0.6) is 0 Å². The third-order valence-corrected chi connectivity index (χ3v) is 3.79. The number of carbonyl (C=O) groups excluding carboxylic acids is 1. The van der Waals surface area contributed by atoms with Crippen LogP contribution in [0, 0.1) is 0 Å². The molecule has 0 aliphatic carbocycles. The highest BCUT2D eigenvalue weighted by atomic mass is 16.4. The van der Waals surface area contributed by atoms with Crippen molar-refractivity contribution in [2.45, 2.75) is 26.3 Å². The molecule has 0 saturated carbocycles. The summed E-state index contributed by atoms with van der Waals surface area (Å²) in [4.78, 5) is 27.8. The van der Waals surface area contributed by atoms with E-state index < -0.39 is 5.63 Å². The van der Waals surface area contributed by atoms with Gasteiger partial charge in [0.05, 0.1) is 5.56 Å². The van der Waals surface area contributed by atoms with Crippen molar-refractivity contribution in [2.75, 3.05) is 0 Å². The van der Waals surface area contributed by atoms with Gasteiger partial charge in [-0.05, 0) is 41.8 Å². The Morgan fingerprint density at radius 1 is 1.25 bits per heavy atom. The van der Waals surface area contributed by atoms with E-state index in [9.17, 15) is 9.59 Å². The first-order valence-corrected chi connectivity index (χ1v) is 7.91. The molecule has 3 rings (SSSR count). The molecule has 0 aliphatic heterocycles. The van der Waals surface area contributed by atoms with Crippen molar-refractivity contribution in [2.24, 2.45) is 0 Å². The molecule has 0 radical (unpaired) electrons. The zero-order valence-corrected chi connectivity index (χ0v) is 13.4. The third-order valence-electron chi connectivity index (χ3n) is 3.79. The number of carbonyl (C=O) groups is 1. The highest BCUT2D eigenvalue weighted by Crippen LogP contribution is 2.20. The minimum absolute atomic E-state index is 0.228. The van der Waals surface area contributed by atoms with E-state index in [0.717, 1.165) is 23.8 Å². The van der Waals surface area contributed by atoms with Crippen LogP contribution in [0.15, 0.2) is 58.0 Å². The Morgan fingerprint density at radius 2 is 2.12 bits per heavy atom. The minimum Gasteiger partial charge on any atom is -0.423 e. The van der Waals surface area contributed by atoms with Gasteiger partial charge in [-0.15, -0.1) is 0 Å². The molecule has 2 aromatic heterocycles. The molecule has 1 N–H and O–H groups in total. The van der Waals surface area contributed by atoms with Crippen LogP contribution < -0.4 is 10.9 Å². The van der Waals surface area contributed by atoms with E-state index in [1.807, 2.05) is 18.2 Å². The van der Waals surface area contributed by atoms with Gasteiger partial charge in [-0.25, -0.2) is 4.79 Å². The van der Waals surface area contributed by atoms with E-state index >= 15 is 0 Å². The molecule has 0 spiro atoms. The van der Waals surface area contributed by atoms with Crippen molar-refractivity contribution >= 4 is 16.9 Å². The topological polar surface area (TPSA) is 72.2 Å². The zero-order chi connectivity index (χ0) is 16.9. The van der Waals surface area contributed by atoms with Crippen LogP contribution in [0.3, 0.4) is 0 Å². The van der Waals surface area contributed by atoms with Gasteiger partial charge in [0.15, 0.2) is 0 Å². The number of aromatic nitrogens is 1. The molecule has 2 heterocycles. The highest BCUT2D eigenvalue weighted by Gasteiger charge is 2.09. The number of pyridine rings is 1. The highest BCUT2D eigenvalue weighted by molar-refractivity contribution is 5.94. The lowest BCUT2D eigenvalue weighted by Gasteiger charge is -2.09. The molecule has 3 aromatic rings. The summed E-state index contributed by atoms with van der Waals surface area (Å²) in [6, 6.07) is 10.6. The Morgan fingerprint density at radius 3 is 2.88 bits per heavy atom. The lowest BCUT2D eigenvalue weighted by molar-refractivity contribution is 0.0950. The summed E-state index contributed by atoms with van der Waals surface area (Å²) in [5.74, 6) is -0.228. The molecular formula is C19H18N2O3. The molecule has 5 heteroatoms. The summed E-state index contributed by atoms with van der Waals surface area (Å²) in [7, 11) is 0. The van der Waals surface area contributed by atoms with Gasteiger partial charge in [-0.2, -0.15) is 0 Å². The predicted molar refractivity (Wildman–Crippen MR) is 91.9 cm³/mol.